The number of hydrogen-bond acceptors (Lipinski definition) is 6. The van der Waals surface area contributed by atoms with Crippen LogP contribution >= 0.6 is 11.3 Å². The molecule has 7 nitrogen and oxygen atoms in total. The summed E-state index contributed by atoms with van der Waals surface area (Å²) in [6.07, 6.45) is -16.1. The van der Waals surface area contributed by atoms with Crippen LogP contribution in [0.4, 0.5) is 39.5 Å². The zero-order valence-corrected chi connectivity index (χ0v) is 22.4. The molecule has 3 rings (SSSR count). The predicted molar refractivity (Wildman–Crippen MR) is 127 cm³/mol. The Hall–Kier alpha value is -2.92. The number of nitrogens with one attached hydrogen (secondary N) is 1. The van der Waals surface area contributed by atoms with Crippen LogP contribution in [-0.4, -0.2) is 69.0 Å². The second-order valence-corrected chi connectivity index (χ2v) is 11.1. The summed E-state index contributed by atoms with van der Waals surface area (Å²) in [5.74, 6) is -4.59. The average molecular weight is 622 g/mol. The summed E-state index contributed by atoms with van der Waals surface area (Å²) in [6.45, 7) is 4.20. The van der Waals surface area contributed by atoms with Crippen molar-refractivity contribution < 1.29 is 59.3 Å². The molecule has 2 aromatic rings. The van der Waals surface area contributed by atoms with Gasteiger partial charge in [0.15, 0.2) is 5.01 Å². The van der Waals surface area contributed by atoms with Gasteiger partial charge in [0.05, 0.1) is 16.0 Å². The molecule has 228 valence electrons. The van der Waals surface area contributed by atoms with E-state index in [1.54, 1.807) is 6.92 Å². The van der Waals surface area contributed by atoms with E-state index < -0.39 is 79.9 Å². The second kappa shape index (κ2) is 11.1. The number of likely N-dealkylation sites (tertiary alicyclic amines) is 1. The Morgan fingerprint density at radius 1 is 1.12 bits per heavy atom. The lowest BCUT2D eigenvalue weighted by Gasteiger charge is -2.33. The van der Waals surface area contributed by atoms with Gasteiger partial charge < -0.3 is 20.4 Å². The first kappa shape index (κ1) is 32.6. The van der Waals surface area contributed by atoms with Gasteiger partial charge in [-0.3, -0.25) is 9.59 Å². The maximum Gasteiger partial charge on any atom is 0.430 e. The highest BCUT2D eigenvalue weighted by atomic mass is 32.1. The van der Waals surface area contributed by atoms with E-state index in [1.165, 1.54) is 18.7 Å². The maximum atomic E-state index is 15.3. The number of aliphatic hydroxyl groups is 2. The number of amides is 2. The highest BCUT2D eigenvalue weighted by Gasteiger charge is 2.72. The Bertz CT molecular complexity index is 1310. The van der Waals surface area contributed by atoms with Crippen molar-refractivity contribution in [2.75, 3.05) is 13.1 Å². The number of alkyl halides is 8. The van der Waals surface area contributed by atoms with Crippen LogP contribution in [0.15, 0.2) is 12.1 Å². The third-order valence-corrected chi connectivity index (χ3v) is 7.46. The van der Waals surface area contributed by atoms with Crippen LogP contribution < -0.4 is 5.32 Å². The fourth-order valence-corrected chi connectivity index (χ4v) is 5.25. The Morgan fingerprint density at radius 2 is 1.71 bits per heavy atom. The molecular formula is C24H24F9N3O4S. The number of benzene rings is 1. The van der Waals surface area contributed by atoms with E-state index in [0.717, 1.165) is 0 Å². The summed E-state index contributed by atoms with van der Waals surface area (Å²) in [5.41, 5.74) is -13.4. The average Bonchev–Trinajstić information content (AvgIpc) is 3.46. The topological polar surface area (TPSA) is 103 Å². The van der Waals surface area contributed by atoms with E-state index in [1.807, 2.05) is 0 Å². The van der Waals surface area contributed by atoms with Crippen LogP contribution in [0.25, 0.3) is 10.4 Å². The lowest BCUT2D eigenvalue weighted by atomic mass is 9.88. The molecule has 1 saturated heterocycles. The minimum absolute atomic E-state index is 0.155. The van der Waals surface area contributed by atoms with Gasteiger partial charge in [0.2, 0.25) is 0 Å². The van der Waals surface area contributed by atoms with Gasteiger partial charge in [-0.05, 0) is 33.6 Å². The monoisotopic (exact) mass is 621 g/mol. The predicted octanol–water partition coefficient (Wildman–Crippen LogP) is 5.32. The molecule has 3 N–H and O–H groups in total. The lowest BCUT2D eigenvalue weighted by Crippen LogP contribution is -2.54. The minimum Gasteiger partial charge on any atom is -0.389 e. The molecule has 17 heteroatoms. The molecule has 0 spiro atoms. The fraction of sp³-hybridized carbons (Fsp3) is 0.542. The normalized spacial score (nSPS) is 17.0. The number of halogens is 9. The maximum absolute atomic E-state index is 15.3. The summed E-state index contributed by atoms with van der Waals surface area (Å²) in [7, 11) is 0. The summed E-state index contributed by atoms with van der Waals surface area (Å²) >= 11 is 0.265. The van der Waals surface area contributed by atoms with Crippen LogP contribution in [0.2, 0.25) is 0 Å². The van der Waals surface area contributed by atoms with Gasteiger partial charge in [0, 0.05) is 30.3 Å². The number of nitrogens with zero attached hydrogens (tertiary/aromatic N) is 2. The molecule has 2 heterocycles. The number of carbonyl (C=O) groups excluding carboxylic acids is 2. The van der Waals surface area contributed by atoms with Crippen LogP contribution in [0, 0.1) is 5.82 Å². The highest BCUT2D eigenvalue weighted by molar-refractivity contribution is 7.17. The Balaban J connectivity index is 2.28. The van der Waals surface area contributed by atoms with Gasteiger partial charge in [-0.25, -0.2) is 18.2 Å². The third-order valence-electron chi connectivity index (χ3n) is 6.37. The number of hydrogen-bond donors (Lipinski definition) is 3. The number of aromatic nitrogens is 1. The Kier molecular flexibility index (Phi) is 8.79. The highest BCUT2D eigenvalue weighted by Crippen LogP contribution is 2.52. The minimum atomic E-state index is -6.56. The molecule has 1 aliphatic heterocycles. The first-order chi connectivity index (χ1) is 18.6. The fourth-order valence-electron chi connectivity index (χ4n) is 4.24. The summed E-state index contributed by atoms with van der Waals surface area (Å²) in [5, 5.41) is 21.2. The van der Waals surface area contributed by atoms with Gasteiger partial charge in [-0.2, -0.15) is 26.3 Å². The van der Waals surface area contributed by atoms with Crippen molar-refractivity contribution in [2.24, 2.45) is 0 Å². The molecule has 2 amide bonds. The molecule has 0 aliphatic carbocycles. The molecule has 1 aromatic carbocycles. The molecule has 0 saturated carbocycles. The van der Waals surface area contributed by atoms with Crippen LogP contribution in [0.3, 0.4) is 0 Å². The molecule has 0 bridgehead atoms. The summed E-state index contributed by atoms with van der Waals surface area (Å²) in [6, 6.07) is -0.247. The summed E-state index contributed by atoms with van der Waals surface area (Å²) < 4.78 is 124. The van der Waals surface area contributed by atoms with Crippen LogP contribution in [-0.2, 0) is 5.60 Å². The van der Waals surface area contributed by atoms with Crippen molar-refractivity contribution in [3.63, 3.8) is 0 Å². The molecule has 0 radical (unpaired) electrons. The zero-order valence-electron chi connectivity index (χ0n) is 21.6. The van der Waals surface area contributed by atoms with E-state index >= 15 is 4.39 Å². The van der Waals surface area contributed by atoms with Gasteiger partial charge in [0.25, 0.3) is 23.8 Å². The SMILES string of the molecule is CC1CCCN1C(=O)c1nc(C(=O)NCC(C)(C)O)sc1-c1ccc(C(O)(C(F)(F)F)C(F)(F)F)c(F)c1C(F)F. The van der Waals surface area contributed by atoms with E-state index in [4.69, 9.17) is 0 Å². The third kappa shape index (κ3) is 6.16. The Labute approximate surface area is 231 Å². The Morgan fingerprint density at radius 3 is 2.17 bits per heavy atom. The first-order valence-corrected chi connectivity index (χ1v) is 12.7. The first-order valence-electron chi connectivity index (χ1n) is 11.9. The smallest absolute Gasteiger partial charge is 0.389 e. The largest absolute Gasteiger partial charge is 0.430 e. The lowest BCUT2D eigenvalue weighted by molar-refractivity contribution is -0.377. The van der Waals surface area contributed by atoms with E-state index in [2.05, 4.69) is 10.3 Å². The van der Waals surface area contributed by atoms with Gasteiger partial charge >= 0.3 is 12.4 Å². The van der Waals surface area contributed by atoms with Crippen molar-refractivity contribution >= 4 is 23.2 Å². The molecule has 1 fully saturated rings. The van der Waals surface area contributed by atoms with Gasteiger partial charge in [-0.1, -0.05) is 12.1 Å². The van der Waals surface area contributed by atoms with Crippen molar-refractivity contribution in [3.8, 4) is 10.4 Å². The molecular weight excluding hydrogens is 597 g/mol. The second-order valence-electron chi connectivity index (χ2n) is 10.1. The molecule has 1 atom stereocenters. The van der Waals surface area contributed by atoms with Crippen molar-refractivity contribution in [1.82, 2.24) is 15.2 Å². The quantitative estimate of drug-likeness (QED) is 0.363. The van der Waals surface area contributed by atoms with Gasteiger partial charge in [0.1, 0.15) is 11.5 Å². The van der Waals surface area contributed by atoms with E-state index in [-0.39, 0.29) is 42.6 Å². The molecule has 1 unspecified atom stereocenters. The molecule has 1 aromatic heterocycles. The van der Waals surface area contributed by atoms with Crippen LogP contribution in [0.1, 0.15) is 71.5 Å². The standard InChI is InChI=1S/C24H24F9N3O4S/c1-10-5-4-8-36(10)20(38)15-16(41-19(35-15)18(37)34-9-21(2,3)39)11-6-7-12(14(25)13(11)17(26)27)22(40,23(28,29)30)24(31,32)33/h6-7,10,17,39-40H,4-5,8-9H2,1-3H3,(H,34,37). The van der Waals surface area contributed by atoms with Crippen molar-refractivity contribution in [1.29, 1.82) is 0 Å². The molecule has 1 aliphatic rings. The number of rotatable bonds is 7. The van der Waals surface area contributed by atoms with E-state index in [0.29, 0.717) is 12.8 Å². The van der Waals surface area contributed by atoms with Crippen LogP contribution in [0.5, 0.6) is 0 Å². The molecule has 41 heavy (non-hydrogen) atoms. The van der Waals surface area contributed by atoms with E-state index in [9.17, 15) is 54.9 Å². The van der Waals surface area contributed by atoms with Crippen molar-refractivity contribution in [3.05, 3.63) is 39.8 Å². The number of thiazole rings is 1. The van der Waals surface area contributed by atoms with Crippen molar-refractivity contribution in [2.45, 2.75) is 69.6 Å². The summed E-state index contributed by atoms with van der Waals surface area (Å²) in [4.78, 5) is 30.6. The zero-order chi connectivity index (χ0) is 31.3. The number of carbonyl (C=O) groups is 2. The van der Waals surface area contributed by atoms with Gasteiger partial charge in [-0.15, -0.1) is 11.3 Å².